The van der Waals surface area contributed by atoms with Crippen LogP contribution in [0.25, 0.3) is 0 Å². The SMILES string of the molecule is Cc1ccc(C(C)(C)CN(C)C(=O)NCCCC(=O)O)cc1. The number of hydrogen-bond donors (Lipinski definition) is 2. The number of aliphatic carboxylic acids is 1. The van der Waals surface area contributed by atoms with Crippen LogP contribution in [0.3, 0.4) is 0 Å². The number of likely N-dealkylation sites (N-methyl/N-ethyl adjacent to an activating group) is 1. The Morgan fingerprint density at radius 2 is 1.82 bits per heavy atom. The molecule has 0 aliphatic carbocycles. The fraction of sp³-hybridized carbons (Fsp3) is 0.529. The third-order valence-electron chi connectivity index (χ3n) is 3.66. The summed E-state index contributed by atoms with van der Waals surface area (Å²) in [5.74, 6) is -0.844. The van der Waals surface area contributed by atoms with Crippen LogP contribution in [-0.4, -0.2) is 42.1 Å². The molecule has 2 N–H and O–H groups in total. The highest BCUT2D eigenvalue weighted by molar-refractivity contribution is 5.74. The number of carboxylic acids is 1. The minimum absolute atomic E-state index is 0.0683. The van der Waals surface area contributed by atoms with Crippen molar-refractivity contribution in [3.05, 3.63) is 35.4 Å². The first-order valence-corrected chi connectivity index (χ1v) is 7.50. The number of carbonyl (C=O) groups is 2. The quantitative estimate of drug-likeness (QED) is 0.761. The van der Waals surface area contributed by atoms with E-state index in [2.05, 4.69) is 43.4 Å². The molecule has 0 unspecified atom stereocenters. The number of carboxylic acid groups (broad SMARTS) is 1. The summed E-state index contributed by atoms with van der Waals surface area (Å²) < 4.78 is 0. The van der Waals surface area contributed by atoms with Gasteiger partial charge in [-0.05, 0) is 18.9 Å². The zero-order valence-electron chi connectivity index (χ0n) is 13.8. The average Bonchev–Trinajstić information content (AvgIpc) is 2.43. The number of carbonyl (C=O) groups excluding carboxylic acids is 1. The van der Waals surface area contributed by atoms with Gasteiger partial charge < -0.3 is 15.3 Å². The van der Waals surface area contributed by atoms with Crippen LogP contribution in [0.15, 0.2) is 24.3 Å². The second kappa shape index (κ2) is 7.82. The highest BCUT2D eigenvalue weighted by Gasteiger charge is 2.24. The van der Waals surface area contributed by atoms with E-state index in [0.29, 0.717) is 19.5 Å². The zero-order valence-corrected chi connectivity index (χ0v) is 13.8. The molecule has 1 rings (SSSR count). The molecule has 0 aliphatic heterocycles. The molecule has 0 atom stereocenters. The highest BCUT2D eigenvalue weighted by atomic mass is 16.4. The molecular formula is C17H26N2O3. The van der Waals surface area contributed by atoms with E-state index in [9.17, 15) is 9.59 Å². The summed E-state index contributed by atoms with van der Waals surface area (Å²) in [6.45, 7) is 7.21. The smallest absolute Gasteiger partial charge is 0.317 e. The van der Waals surface area contributed by atoms with Gasteiger partial charge in [0.05, 0.1) is 0 Å². The number of hydrogen-bond acceptors (Lipinski definition) is 2. The zero-order chi connectivity index (χ0) is 16.8. The van der Waals surface area contributed by atoms with Gasteiger partial charge in [-0.3, -0.25) is 4.79 Å². The number of amides is 2. The van der Waals surface area contributed by atoms with Crippen molar-refractivity contribution in [3.8, 4) is 0 Å². The summed E-state index contributed by atoms with van der Waals surface area (Å²) in [6, 6.07) is 8.15. The molecule has 0 fully saturated rings. The number of nitrogens with zero attached hydrogens (tertiary/aromatic N) is 1. The Hall–Kier alpha value is -2.04. The van der Waals surface area contributed by atoms with Gasteiger partial charge >= 0.3 is 12.0 Å². The first kappa shape index (κ1) is 18.0. The van der Waals surface area contributed by atoms with E-state index in [4.69, 9.17) is 5.11 Å². The van der Waals surface area contributed by atoms with Crippen LogP contribution in [0.5, 0.6) is 0 Å². The highest BCUT2D eigenvalue weighted by Crippen LogP contribution is 2.24. The number of benzene rings is 1. The Morgan fingerprint density at radius 3 is 2.36 bits per heavy atom. The van der Waals surface area contributed by atoms with Crippen molar-refractivity contribution < 1.29 is 14.7 Å². The molecule has 5 heteroatoms. The number of rotatable bonds is 7. The van der Waals surface area contributed by atoms with Gasteiger partial charge in [0, 0.05) is 32.0 Å². The lowest BCUT2D eigenvalue weighted by molar-refractivity contribution is -0.137. The number of aryl methyl sites for hydroxylation is 1. The molecule has 0 radical (unpaired) electrons. The van der Waals surface area contributed by atoms with Crippen molar-refractivity contribution in [3.63, 3.8) is 0 Å². The molecule has 1 aromatic carbocycles. The molecule has 0 heterocycles. The summed E-state index contributed by atoms with van der Waals surface area (Å²) in [5, 5.41) is 11.3. The van der Waals surface area contributed by atoms with Gasteiger partial charge in [0.25, 0.3) is 0 Å². The minimum Gasteiger partial charge on any atom is -0.481 e. The van der Waals surface area contributed by atoms with Gasteiger partial charge in [0.2, 0.25) is 0 Å². The molecule has 0 aromatic heterocycles. The summed E-state index contributed by atoms with van der Waals surface area (Å²) >= 11 is 0. The molecule has 122 valence electrons. The third-order valence-corrected chi connectivity index (χ3v) is 3.66. The molecule has 0 spiro atoms. The first-order valence-electron chi connectivity index (χ1n) is 7.50. The van der Waals surface area contributed by atoms with Gasteiger partial charge in [-0.25, -0.2) is 4.79 Å². The topological polar surface area (TPSA) is 69.6 Å². The fourth-order valence-corrected chi connectivity index (χ4v) is 2.33. The normalized spacial score (nSPS) is 11.1. The Labute approximate surface area is 132 Å². The average molecular weight is 306 g/mol. The maximum Gasteiger partial charge on any atom is 0.317 e. The van der Waals surface area contributed by atoms with Crippen LogP contribution in [-0.2, 0) is 10.2 Å². The summed E-state index contributed by atoms with van der Waals surface area (Å²) in [7, 11) is 1.75. The van der Waals surface area contributed by atoms with E-state index >= 15 is 0 Å². The summed E-state index contributed by atoms with van der Waals surface area (Å²) in [6.07, 6.45) is 0.509. The van der Waals surface area contributed by atoms with E-state index in [1.165, 1.54) is 11.1 Å². The fourth-order valence-electron chi connectivity index (χ4n) is 2.33. The standard InChI is InChI=1S/C17H26N2O3/c1-13-7-9-14(10-8-13)17(2,3)12-19(4)16(22)18-11-5-6-15(20)21/h7-10H,5-6,11-12H2,1-4H3,(H,18,22)(H,20,21). The van der Waals surface area contributed by atoms with Crippen molar-refractivity contribution in [1.82, 2.24) is 10.2 Å². The molecule has 2 amide bonds. The second-order valence-electron chi connectivity index (χ2n) is 6.34. The lowest BCUT2D eigenvalue weighted by Crippen LogP contribution is -2.43. The van der Waals surface area contributed by atoms with Crippen molar-refractivity contribution in [1.29, 1.82) is 0 Å². The second-order valence-corrected chi connectivity index (χ2v) is 6.34. The van der Waals surface area contributed by atoms with Crippen molar-refractivity contribution in [2.45, 2.75) is 39.0 Å². The van der Waals surface area contributed by atoms with E-state index in [1.54, 1.807) is 11.9 Å². The van der Waals surface area contributed by atoms with Gasteiger partial charge in [0.15, 0.2) is 0 Å². The molecule has 0 saturated heterocycles. The lowest BCUT2D eigenvalue weighted by Gasteiger charge is -2.31. The van der Waals surface area contributed by atoms with E-state index < -0.39 is 5.97 Å². The Morgan fingerprint density at radius 1 is 1.23 bits per heavy atom. The molecule has 1 aromatic rings. The summed E-state index contributed by atoms with van der Waals surface area (Å²) in [5.41, 5.74) is 2.24. The van der Waals surface area contributed by atoms with E-state index in [1.807, 2.05) is 6.92 Å². The monoisotopic (exact) mass is 306 g/mol. The van der Waals surface area contributed by atoms with Crippen molar-refractivity contribution >= 4 is 12.0 Å². The molecule has 0 aliphatic rings. The molecular weight excluding hydrogens is 280 g/mol. The predicted molar refractivity (Wildman–Crippen MR) is 87.1 cm³/mol. The van der Waals surface area contributed by atoms with E-state index in [0.717, 1.165) is 0 Å². The molecule has 0 bridgehead atoms. The molecule has 22 heavy (non-hydrogen) atoms. The maximum atomic E-state index is 12.0. The van der Waals surface area contributed by atoms with Crippen LogP contribution < -0.4 is 5.32 Å². The van der Waals surface area contributed by atoms with Crippen LogP contribution in [0.1, 0.15) is 37.8 Å². The predicted octanol–water partition coefficient (Wildman–Crippen LogP) is 2.78. The van der Waals surface area contributed by atoms with Crippen molar-refractivity contribution in [2.75, 3.05) is 20.1 Å². The first-order chi connectivity index (χ1) is 10.2. The van der Waals surface area contributed by atoms with Gasteiger partial charge in [0.1, 0.15) is 0 Å². The van der Waals surface area contributed by atoms with Crippen LogP contribution in [0.2, 0.25) is 0 Å². The van der Waals surface area contributed by atoms with Gasteiger partial charge in [-0.2, -0.15) is 0 Å². The molecule has 0 saturated carbocycles. The Kier molecular flexibility index (Phi) is 6.40. The van der Waals surface area contributed by atoms with Gasteiger partial charge in [-0.1, -0.05) is 43.7 Å². The van der Waals surface area contributed by atoms with Crippen LogP contribution in [0.4, 0.5) is 4.79 Å². The third kappa shape index (κ3) is 5.76. The lowest BCUT2D eigenvalue weighted by atomic mass is 9.84. The molecule has 5 nitrogen and oxygen atoms in total. The van der Waals surface area contributed by atoms with Gasteiger partial charge in [-0.15, -0.1) is 0 Å². The maximum absolute atomic E-state index is 12.0. The number of urea groups is 1. The number of nitrogens with one attached hydrogen (secondary N) is 1. The van der Waals surface area contributed by atoms with Crippen LogP contribution in [0, 0.1) is 6.92 Å². The summed E-state index contributed by atoms with van der Waals surface area (Å²) in [4.78, 5) is 24.1. The Bertz CT molecular complexity index is 509. The van der Waals surface area contributed by atoms with E-state index in [-0.39, 0.29) is 17.9 Å². The van der Waals surface area contributed by atoms with Crippen LogP contribution >= 0.6 is 0 Å². The van der Waals surface area contributed by atoms with Crippen molar-refractivity contribution in [2.24, 2.45) is 0 Å². The Balaban J connectivity index is 2.51. The minimum atomic E-state index is -0.844. The largest absolute Gasteiger partial charge is 0.481 e.